The van der Waals surface area contributed by atoms with Gasteiger partial charge in [-0.05, 0) is 35.4 Å². The number of benzene rings is 3. The first-order valence-electron chi connectivity index (χ1n) is 7.21. The summed E-state index contributed by atoms with van der Waals surface area (Å²) in [6.45, 7) is 0. The van der Waals surface area contributed by atoms with E-state index in [9.17, 15) is 4.79 Å². The number of amides is 1. The maximum Gasteiger partial charge on any atom is 0.434 e. The zero-order valence-electron chi connectivity index (χ0n) is 12.4. The number of nitrogens with zero attached hydrogens (tertiary/aromatic N) is 1. The second-order valence-electron chi connectivity index (χ2n) is 4.96. The maximum absolute atomic E-state index is 12.0. The molecule has 114 valence electrons. The largest absolute Gasteiger partial charge is 0.434 e. The lowest BCUT2D eigenvalue weighted by Crippen LogP contribution is -2.39. The molecule has 0 atom stereocenters. The summed E-state index contributed by atoms with van der Waals surface area (Å²) in [4.78, 5) is 12.0. The molecule has 0 spiro atoms. The summed E-state index contributed by atoms with van der Waals surface area (Å²) in [5.41, 5.74) is 2.73. The van der Waals surface area contributed by atoms with Crippen LogP contribution >= 0.6 is 0 Å². The Balaban J connectivity index is 1.70. The van der Waals surface area contributed by atoms with Crippen LogP contribution in [0.25, 0.3) is 11.1 Å². The molecule has 0 aliphatic heterocycles. The van der Waals surface area contributed by atoms with E-state index in [2.05, 4.69) is 0 Å². The first-order valence-corrected chi connectivity index (χ1v) is 7.21. The third kappa shape index (κ3) is 3.56. The molecule has 0 aliphatic rings. The van der Waals surface area contributed by atoms with E-state index in [-0.39, 0.29) is 0 Å². The number of hydrazine groups is 1. The fourth-order valence-corrected chi connectivity index (χ4v) is 2.19. The molecule has 0 bridgehead atoms. The van der Waals surface area contributed by atoms with Crippen molar-refractivity contribution >= 4 is 11.8 Å². The summed E-state index contributed by atoms with van der Waals surface area (Å²) < 4.78 is 5.28. The molecule has 4 heteroatoms. The van der Waals surface area contributed by atoms with Crippen LogP contribution in [0, 0.1) is 0 Å². The molecule has 0 unspecified atom stereocenters. The minimum absolute atomic E-state index is 0.445. The molecule has 0 radical (unpaired) electrons. The molecular weight excluding hydrogens is 288 g/mol. The van der Waals surface area contributed by atoms with Crippen molar-refractivity contribution in [1.29, 1.82) is 0 Å². The minimum atomic E-state index is -0.635. The minimum Gasteiger partial charge on any atom is -0.409 e. The lowest BCUT2D eigenvalue weighted by Gasteiger charge is -2.16. The average molecular weight is 304 g/mol. The third-order valence-corrected chi connectivity index (χ3v) is 3.40. The Morgan fingerprint density at radius 1 is 0.739 bits per heavy atom. The number of para-hydroxylation sites is 1. The molecule has 0 fully saturated rings. The Bertz CT molecular complexity index is 771. The Morgan fingerprint density at radius 2 is 1.26 bits per heavy atom. The number of anilines is 1. The van der Waals surface area contributed by atoms with Gasteiger partial charge in [-0.15, -0.1) is 0 Å². The molecule has 0 aromatic heterocycles. The molecule has 0 heterocycles. The quantitative estimate of drug-likeness (QED) is 0.447. The zero-order chi connectivity index (χ0) is 16.1. The van der Waals surface area contributed by atoms with Gasteiger partial charge in [0.1, 0.15) is 5.75 Å². The maximum atomic E-state index is 12.0. The molecule has 3 rings (SSSR count). The molecular formula is C19H16N2O2. The lowest BCUT2D eigenvalue weighted by molar-refractivity contribution is 0.207. The van der Waals surface area contributed by atoms with Crippen molar-refractivity contribution in [1.82, 2.24) is 0 Å². The molecule has 3 aromatic rings. The fraction of sp³-hybridized carbons (Fsp3) is 0. The first kappa shape index (κ1) is 14.8. The van der Waals surface area contributed by atoms with Crippen LogP contribution in [0.5, 0.6) is 5.75 Å². The number of nitrogens with two attached hydrogens (primary N) is 1. The topological polar surface area (TPSA) is 55.6 Å². The Hall–Kier alpha value is -3.11. The summed E-state index contributed by atoms with van der Waals surface area (Å²) in [5.74, 6) is 6.21. The van der Waals surface area contributed by atoms with Crippen LogP contribution in [0.1, 0.15) is 0 Å². The highest BCUT2D eigenvalue weighted by molar-refractivity contribution is 5.87. The van der Waals surface area contributed by atoms with Gasteiger partial charge in [0.05, 0.1) is 5.69 Å². The van der Waals surface area contributed by atoms with Crippen molar-refractivity contribution < 1.29 is 9.53 Å². The summed E-state index contributed by atoms with van der Waals surface area (Å²) in [6.07, 6.45) is -0.635. The van der Waals surface area contributed by atoms with E-state index in [0.717, 1.165) is 16.1 Å². The highest BCUT2D eigenvalue weighted by atomic mass is 16.6. The van der Waals surface area contributed by atoms with Gasteiger partial charge in [-0.3, -0.25) is 0 Å². The van der Waals surface area contributed by atoms with Crippen molar-refractivity contribution in [3.8, 4) is 16.9 Å². The van der Waals surface area contributed by atoms with Gasteiger partial charge in [0.15, 0.2) is 0 Å². The molecule has 4 nitrogen and oxygen atoms in total. The van der Waals surface area contributed by atoms with Crippen molar-refractivity contribution in [3.05, 3.63) is 84.9 Å². The van der Waals surface area contributed by atoms with Crippen molar-refractivity contribution in [2.45, 2.75) is 0 Å². The smallest absolute Gasteiger partial charge is 0.409 e. The van der Waals surface area contributed by atoms with Crippen LogP contribution in [0.4, 0.5) is 10.5 Å². The van der Waals surface area contributed by atoms with Crippen molar-refractivity contribution in [2.75, 3.05) is 5.01 Å². The van der Waals surface area contributed by atoms with Crippen molar-refractivity contribution in [3.63, 3.8) is 0 Å². The van der Waals surface area contributed by atoms with Gasteiger partial charge in [0.2, 0.25) is 0 Å². The van der Waals surface area contributed by atoms with Crippen LogP contribution in [-0.2, 0) is 0 Å². The molecule has 23 heavy (non-hydrogen) atoms. The van der Waals surface area contributed by atoms with Gasteiger partial charge < -0.3 is 4.74 Å². The highest BCUT2D eigenvalue weighted by Gasteiger charge is 2.13. The summed E-state index contributed by atoms with van der Waals surface area (Å²) >= 11 is 0. The van der Waals surface area contributed by atoms with E-state index in [1.54, 1.807) is 36.4 Å². The molecule has 0 saturated carbocycles. The predicted molar refractivity (Wildman–Crippen MR) is 91.0 cm³/mol. The summed E-state index contributed by atoms with van der Waals surface area (Å²) in [7, 11) is 0. The van der Waals surface area contributed by atoms with Gasteiger partial charge in [-0.1, -0.05) is 60.7 Å². The van der Waals surface area contributed by atoms with E-state index in [1.807, 2.05) is 48.5 Å². The van der Waals surface area contributed by atoms with E-state index >= 15 is 0 Å². The highest BCUT2D eigenvalue weighted by Crippen LogP contribution is 2.22. The average Bonchev–Trinajstić information content (AvgIpc) is 2.63. The number of hydrogen-bond donors (Lipinski definition) is 1. The SMILES string of the molecule is NN(C(=O)Oc1ccc(-c2ccccc2)cc1)c1ccccc1. The van der Waals surface area contributed by atoms with Crippen molar-refractivity contribution in [2.24, 2.45) is 5.84 Å². The lowest BCUT2D eigenvalue weighted by atomic mass is 10.1. The number of carbonyl (C=O) groups is 1. The molecule has 0 saturated heterocycles. The van der Waals surface area contributed by atoms with E-state index in [4.69, 9.17) is 10.6 Å². The third-order valence-electron chi connectivity index (χ3n) is 3.40. The Kier molecular flexibility index (Phi) is 4.36. The summed E-state index contributed by atoms with van der Waals surface area (Å²) in [6, 6.07) is 26.2. The first-order chi connectivity index (χ1) is 11.2. The van der Waals surface area contributed by atoms with Crippen LogP contribution in [-0.4, -0.2) is 6.09 Å². The Morgan fingerprint density at radius 3 is 1.87 bits per heavy atom. The molecule has 0 aliphatic carbocycles. The standard InChI is InChI=1S/C19H16N2O2/c20-21(17-9-5-2-6-10-17)19(22)23-18-13-11-16(12-14-18)15-7-3-1-4-8-15/h1-14H,20H2. The Labute approximate surface area is 134 Å². The van der Waals surface area contributed by atoms with Gasteiger partial charge in [0.25, 0.3) is 0 Å². The van der Waals surface area contributed by atoms with E-state index < -0.39 is 6.09 Å². The van der Waals surface area contributed by atoms with Crippen LogP contribution in [0.2, 0.25) is 0 Å². The zero-order valence-corrected chi connectivity index (χ0v) is 12.4. The molecule has 3 aromatic carbocycles. The predicted octanol–water partition coefficient (Wildman–Crippen LogP) is 4.23. The number of carbonyl (C=O) groups excluding carboxylic acids is 1. The number of rotatable bonds is 3. The van der Waals surface area contributed by atoms with Crippen LogP contribution in [0.15, 0.2) is 84.9 Å². The van der Waals surface area contributed by atoms with E-state index in [1.165, 1.54) is 0 Å². The normalized spacial score (nSPS) is 10.1. The number of hydrogen-bond acceptors (Lipinski definition) is 3. The van der Waals surface area contributed by atoms with Gasteiger partial charge in [-0.2, -0.15) is 0 Å². The van der Waals surface area contributed by atoms with Crippen LogP contribution < -0.4 is 15.6 Å². The summed E-state index contributed by atoms with van der Waals surface area (Å²) in [5, 5.41) is 0.977. The van der Waals surface area contributed by atoms with Gasteiger partial charge in [-0.25, -0.2) is 15.6 Å². The van der Waals surface area contributed by atoms with Gasteiger partial charge >= 0.3 is 6.09 Å². The van der Waals surface area contributed by atoms with E-state index in [0.29, 0.717) is 11.4 Å². The fourth-order valence-electron chi connectivity index (χ4n) is 2.19. The second kappa shape index (κ2) is 6.77. The second-order valence-corrected chi connectivity index (χ2v) is 4.96. The molecule has 1 amide bonds. The van der Waals surface area contributed by atoms with Crippen LogP contribution in [0.3, 0.4) is 0 Å². The molecule has 2 N–H and O–H groups in total. The monoisotopic (exact) mass is 304 g/mol. The number of ether oxygens (including phenoxy) is 1. The van der Waals surface area contributed by atoms with Gasteiger partial charge in [0, 0.05) is 0 Å².